The number of aromatic nitrogens is 2. The summed E-state index contributed by atoms with van der Waals surface area (Å²) in [4.78, 5) is 13.2. The number of hydrogen-bond acceptors (Lipinski definition) is 4. The number of nitrogens with zero attached hydrogens (tertiary/aromatic N) is 1. The predicted molar refractivity (Wildman–Crippen MR) is 55.2 cm³/mol. The third-order valence-corrected chi connectivity index (χ3v) is 2.15. The van der Waals surface area contributed by atoms with Crippen molar-refractivity contribution in [2.75, 3.05) is 0 Å². The average molecular weight is 205 g/mol. The first kappa shape index (κ1) is 9.67. The summed E-state index contributed by atoms with van der Waals surface area (Å²) in [6, 6.07) is 7.47. The van der Waals surface area contributed by atoms with Gasteiger partial charge in [-0.25, -0.2) is 4.79 Å². The topological polar surface area (TPSA) is 84.9 Å². The van der Waals surface area contributed by atoms with Gasteiger partial charge in [0.05, 0.1) is 0 Å². The van der Waals surface area contributed by atoms with Crippen LogP contribution in [0.3, 0.4) is 0 Å². The molecular formula is C10H11N3O2. The minimum absolute atomic E-state index is 0.00425. The number of hydrogen-bond donors (Lipinski definition) is 2. The van der Waals surface area contributed by atoms with Crippen LogP contribution in [0.2, 0.25) is 0 Å². The van der Waals surface area contributed by atoms with Crippen LogP contribution in [-0.4, -0.2) is 10.1 Å². The van der Waals surface area contributed by atoms with E-state index in [2.05, 4.69) is 14.7 Å². The lowest BCUT2D eigenvalue weighted by Crippen LogP contribution is -2.04. The van der Waals surface area contributed by atoms with Crippen LogP contribution in [0.4, 0.5) is 0 Å². The normalized spacial score (nSPS) is 12.7. The van der Waals surface area contributed by atoms with Gasteiger partial charge < -0.3 is 5.73 Å². The Hall–Kier alpha value is -1.88. The molecule has 5 nitrogen and oxygen atoms in total. The van der Waals surface area contributed by atoms with Gasteiger partial charge >= 0.3 is 5.76 Å². The second kappa shape index (κ2) is 3.70. The van der Waals surface area contributed by atoms with Gasteiger partial charge in [0.15, 0.2) is 5.82 Å². The number of H-pyrrole nitrogens is 1. The van der Waals surface area contributed by atoms with Crippen molar-refractivity contribution in [1.82, 2.24) is 10.1 Å². The molecule has 0 fully saturated rings. The lowest BCUT2D eigenvalue weighted by Gasteiger charge is -2.04. The molecular weight excluding hydrogens is 194 g/mol. The number of aromatic amines is 1. The monoisotopic (exact) mass is 205 g/mol. The standard InChI is InChI=1S/C10H11N3O2/c1-6(11)7-2-4-8(5-3-7)9-12-10(14)15-13-9/h2-6H,11H2,1H3,(H,12,13,14). The molecule has 2 rings (SSSR count). The maximum absolute atomic E-state index is 10.7. The molecule has 0 amide bonds. The van der Waals surface area contributed by atoms with Gasteiger partial charge in [-0.15, -0.1) is 0 Å². The molecule has 1 aromatic carbocycles. The van der Waals surface area contributed by atoms with Gasteiger partial charge in [0.25, 0.3) is 0 Å². The first-order valence-electron chi connectivity index (χ1n) is 4.59. The van der Waals surface area contributed by atoms with Crippen molar-refractivity contribution in [3.63, 3.8) is 0 Å². The molecule has 0 spiro atoms. The first-order chi connectivity index (χ1) is 7.16. The molecule has 0 saturated heterocycles. The fourth-order valence-corrected chi connectivity index (χ4v) is 1.30. The second-order valence-corrected chi connectivity index (χ2v) is 3.35. The van der Waals surface area contributed by atoms with Crippen LogP contribution >= 0.6 is 0 Å². The quantitative estimate of drug-likeness (QED) is 0.767. The summed E-state index contributed by atoms with van der Waals surface area (Å²) < 4.78 is 4.41. The van der Waals surface area contributed by atoms with Gasteiger partial charge in [-0.3, -0.25) is 9.51 Å². The van der Waals surface area contributed by atoms with Gasteiger partial charge in [0.1, 0.15) is 0 Å². The summed E-state index contributed by atoms with van der Waals surface area (Å²) >= 11 is 0. The molecule has 0 aliphatic heterocycles. The second-order valence-electron chi connectivity index (χ2n) is 3.35. The van der Waals surface area contributed by atoms with E-state index in [1.807, 2.05) is 31.2 Å². The smallest absolute Gasteiger partial charge is 0.324 e. The minimum atomic E-state index is -0.554. The molecule has 0 radical (unpaired) electrons. The molecule has 1 unspecified atom stereocenters. The van der Waals surface area contributed by atoms with Crippen LogP contribution in [0.15, 0.2) is 33.6 Å². The molecule has 0 aliphatic carbocycles. The first-order valence-corrected chi connectivity index (χ1v) is 4.59. The van der Waals surface area contributed by atoms with E-state index in [1.165, 1.54) is 0 Å². The molecule has 1 heterocycles. The van der Waals surface area contributed by atoms with E-state index in [0.717, 1.165) is 11.1 Å². The molecule has 78 valence electrons. The molecule has 3 N–H and O–H groups in total. The molecule has 0 bridgehead atoms. The van der Waals surface area contributed by atoms with Gasteiger partial charge in [0, 0.05) is 11.6 Å². The largest absolute Gasteiger partial charge is 0.439 e. The van der Waals surface area contributed by atoms with Crippen molar-refractivity contribution in [3.05, 3.63) is 40.4 Å². The van der Waals surface area contributed by atoms with Crippen LogP contribution in [0.1, 0.15) is 18.5 Å². The molecule has 1 atom stereocenters. The third-order valence-electron chi connectivity index (χ3n) is 2.15. The highest BCUT2D eigenvalue weighted by Crippen LogP contribution is 2.16. The van der Waals surface area contributed by atoms with Gasteiger partial charge in [-0.05, 0) is 12.5 Å². The van der Waals surface area contributed by atoms with Gasteiger partial charge in [-0.1, -0.05) is 29.4 Å². The Bertz CT molecular complexity index is 496. The Morgan fingerprint density at radius 1 is 1.40 bits per heavy atom. The Morgan fingerprint density at radius 3 is 2.53 bits per heavy atom. The van der Waals surface area contributed by atoms with Gasteiger partial charge in [-0.2, -0.15) is 0 Å². The molecule has 2 aromatic rings. The summed E-state index contributed by atoms with van der Waals surface area (Å²) in [5.74, 6) is -0.127. The van der Waals surface area contributed by atoms with Crippen molar-refractivity contribution in [2.45, 2.75) is 13.0 Å². The predicted octanol–water partition coefficient (Wildman–Crippen LogP) is 1.05. The van der Waals surface area contributed by atoms with Crippen LogP contribution in [0.5, 0.6) is 0 Å². The number of rotatable bonds is 2. The summed E-state index contributed by atoms with van der Waals surface area (Å²) in [5.41, 5.74) is 7.54. The van der Waals surface area contributed by atoms with E-state index in [1.54, 1.807) is 0 Å². The number of nitrogens with two attached hydrogens (primary N) is 1. The highest BCUT2D eigenvalue weighted by molar-refractivity contribution is 5.54. The van der Waals surface area contributed by atoms with E-state index >= 15 is 0 Å². The van der Waals surface area contributed by atoms with Crippen LogP contribution in [0, 0.1) is 0 Å². The molecule has 1 aromatic heterocycles. The highest BCUT2D eigenvalue weighted by Gasteiger charge is 2.04. The molecule has 15 heavy (non-hydrogen) atoms. The van der Waals surface area contributed by atoms with Crippen molar-refractivity contribution < 1.29 is 4.52 Å². The van der Waals surface area contributed by atoms with Crippen LogP contribution in [-0.2, 0) is 0 Å². The number of benzene rings is 1. The zero-order chi connectivity index (χ0) is 10.8. The lowest BCUT2D eigenvalue weighted by atomic mass is 10.1. The number of nitrogens with one attached hydrogen (secondary N) is 1. The third kappa shape index (κ3) is 1.97. The fraction of sp³-hybridized carbons (Fsp3) is 0.200. The minimum Gasteiger partial charge on any atom is -0.324 e. The maximum Gasteiger partial charge on any atom is 0.439 e. The van der Waals surface area contributed by atoms with E-state index in [4.69, 9.17) is 5.73 Å². The lowest BCUT2D eigenvalue weighted by molar-refractivity contribution is 0.388. The summed E-state index contributed by atoms with van der Waals surface area (Å²) in [6.07, 6.45) is 0. The van der Waals surface area contributed by atoms with E-state index in [0.29, 0.717) is 5.82 Å². The Kier molecular flexibility index (Phi) is 2.39. The SMILES string of the molecule is CC(N)c1ccc(-c2noc(=O)[nH]2)cc1. The zero-order valence-electron chi connectivity index (χ0n) is 8.23. The summed E-state index contributed by atoms with van der Waals surface area (Å²) in [6.45, 7) is 1.91. The van der Waals surface area contributed by atoms with Crippen molar-refractivity contribution in [1.29, 1.82) is 0 Å². The Labute approximate surface area is 85.9 Å². The van der Waals surface area contributed by atoms with E-state index in [9.17, 15) is 4.79 Å². The van der Waals surface area contributed by atoms with E-state index < -0.39 is 5.76 Å². The highest BCUT2D eigenvalue weighted by atomic mass is 16.5. The average Bonchev–Trinajstić information content (AvgIpc) is 2.65. The summed E-state index contributed by atoms with van der Waals surface area (Å²) in [5, 5.41) is 3.59. The molecule has 5 heteroatoms. The van der Waals surface area contributed by atoms with Crippen molar-refractivity contribution in [3.8, 4) is 11.4 Å². The van der Waals surface area contributed by atoms with Crippen LogP contribution < -0.4 is 11.5 Å². The maximum atomic E-state index is 10.7. The fourth-order valence-electron chi connectivity index (χ4n) is 1.30. The van der Waals surface area contributed by atoms with Crippen LogP contribution in [0.25, 0.3) is 11.4 Å². The Balaban J connectivity index is 2.35. The van der Waals surface area contributed by atoms with Gasteiger partial charge in [0.2, 0.25) is 0 Å². The molecule has 0 aliphatic rings. The zero-order valence-corrected chi connectivity index (χ0v) is 8.23. The summed E-state index contributed by atoms with van der Waals surface area (Å²) in [7, 11) is 0. The van der Waals surface area contributed by atoms with Crippen molar-refractivity contribution in [2.24, 2.45) is 5.73 Å². The van der Waals surface area contributed by atoms with Crippen molar-refractivity contribution >= 4 is 0 Å². The Morgan fingerprint density at radius 2 is 2.07 bits per heavy atom. The molecule has 0 saturated carbocycles. The van der Waals surface area contributed by atoms with E-state index in [-0.39, 0.29) is 6.04 Å².